The molecule has 2 aromatic carbocycles. The molecule has 0 N–H and O–H groups in total. The predicted molar refractivity (Wildman–Crippen MR) is 98.6 cm³/mol. The van der Waals surface area contributed by atoms with Crippen molar-refractivity contribution in [3.05, 3.63) is 72.8 Å². The fraction of sp³-hybridized carbons (Fsp3) is 0.158. The minimum absolute atomic E-state index is 0.0546. The lowest BCUT2D eigenvalue weighted by molar-refractivity contribution is -0.120. The Morgan fingerprint density at radius 1 is 1.12 bits per heavy atom. The predicted octanol–water partition coefficient (Wildman–Crippen LogP) is 2.81. The second-order valence-corrected chi connectivity index (χ2v) is 7.33. The van der Waals surface area contributed by atoms with Crippen LogP contribution in [0.25, 0.3) is 0 Å². The minimum Gasteiger partial charge on any atom is -0.454 e. The molecule has 0 spiro atoms. The summed E-state index contributed by atoms with van der Waals surface area (Å²) in [4.78, 5) is 22.9. The summed E-state index contributed by atoms with van der Waals surface area (Å²) < 4.78 is 32.1. The van der Waals surface area contributed by atoms with Crippen LogP contribution in [0.4, 0.5) is 5.69 Å². The molecule has 0 atom stereocenters. The molecule has 0 aliphatic heterocycles. The van der Waals surface area contributed by atoms with Gasteiger partial charge in [0.25, 0.3) is 10.0 Å². The van der Waals surface area contributed by atoms with Crippen molar-refractivity contribution in [1.82, 2.24) is 0 Å². The highest BCUT2D eigenvalue weighted by atomic mass is 32.2. The van der Waals surface area contributed by atoms with Gasteiger partial charge in [-0.1, -0.05) is 30.3 Å². The molecule has 0 amide bonds. The van der Waals surface area contributed by atoms with Gasteiger partial charge >= 0.3 is 5.97 Å². The quantitative estimate of drug-likeness (QED) is 0.525. The van der Waals surface area contributed by atoms with Gasteiger partial charge in [-0.15, -0.1) is 6.58 Å². The van der Waals surface area contributed by atoms with Crippen LogP contribution in [0.15, 0.2) is 72.1 Å². The maximum atomic E-state index is 13.0. The number of hydrogen-bond acceptors (Lipinski definition) is 5. The van der Waals surface area contributed by atoms with Crippen molar-refractivity contribution in [1.29, 1.82) is 0 Å². The van der Waals surface area contributed by atoms with Gasteiger partial charge in [0.15, 0.2) is 5.78 Å². The molecule has 0 saturated heterocycles. The van der Waals surface area contributed by atoms with E-state index in [1.54, 1.807) is 30.3 Å². The number of benzene rings is 2. The summed E-state index contributed by atoms with van der Waals surface area (Å²) in [7, 11) is -3.92. The average molecular weight is 373 g/mol. The molecule has 0 fully saturated rings. The van der Waals surface area contributed by atoms with Crippen molar-refractivity contribution in [2.75, 3.05) is 17.5 Å². The number of Topliss-reactive ketones (excluding diaryl/α,β-unsaturated/α-hetero) is 1. The van der Waals surface area contributed by atoms with E-state index in [9.17, 15) is 18.0 Å². The van der Waals surface area contributed by atoms with E-state index in [1.165, 1.54) is 41.6 Å². The van der Waals surface area contributed by atoms with Crippen LogP contribution < -0.4 is 4.31 Å². The Balaban J connectivity index is 2.38. The molecule has 0 aliphatic carbocycles. The zero-order valence-electron chi connectivity index (χ0n) is 14.3. The third kappa shape index (κ3) is 4.58. The van der Waals surface area contributed by atoms with Crippen molar-refractivity contribution in [2.24, 2.45) is 0 Å². The van der Waals surface area contributed by atoms with E-state index in [4.69, 9.17) is 4.74 Å². The van der Waals surface area contributed by atoms with Crippen LogP contribution in [0.2, 0.25) is 0 Å². The molecular weight excluding hydrogens is 354 g/mol. The number of ether oxygens (including phenoxy) is 1. The third-order valence-electron chi connectivity index (χ3n) is 3.40. The number of esters is 1. The molecule has 0 unspecified atom stereocenters. The maximum Gasteiger partial charge on any atom is 0.338 e. The summed E-state index contributed by atoms with van der Waals surface area (Å²) in [5, 5.41) is 0. The van der Waals surface area contributed by atoms with E-state index < -0.39 is 16.0 Å². The molecular formula is C19H19NO5S. The lowest BCUT2D eigenvalue weighted by Crippen LogP contribution is -2.31. The largest absolute Gasteiger partial charge is 0.454 e. The number of rotatable bonds is 8. The van der Waals surface area contributed by atoms with Crippen molar-refractivity contribution in [3.8, 4) is 0 Å². The summed E-state index contributed by atoms with van der Waals surface area (Å²) in [6, 6.07) is 14.1. The number of anilines is 1. The smallest absolute Gasteiger partial charge is 0.338 e. The SMILES string of the molecule is C=CCN(c1ccccc1)S(=O)(=O)c1cccc(C(=O)OCC(C)=O)c1. The molecule has 0 radical (unpaired) electrons. The van der Waals surface area contributed by atoms with E-state index >= 15 is 0 Å². The van der Waals surface area contributed by atoms with Crippen LogP contribution in [0.1, 0.15) is 17.3 Å². The molecule has 136 valence electrons. The molecule has 6 nitrogen and oxygen atoms in total. The Bertz CT molecular complexity index is 907. The van der Waals surface area contributed by atoms with Crippen LogP contribution in [-0.4, -0.2) is 33.3 Å². The van der Waals surface area contributed by atoms with Crippen LogP contribution >= 0.6 is 0 Å². The molecule has 0 heterocycles. The van der Waals surface area contributed by atoms with Crippen LogP contribution in [0.5, 0.6) is 0 Å². The fourth-order valence-electron chi connectivity index (χ4n) is 2.22. The van der Waals surface area contributed by atoms with Gasteiger partial charge in [0, 0.05) is 0 Å². The number of carbonyl (C=O) groups is 2. The van der Waals surface area contributed by atoms with E-state index in [1.807, 2.05) is 0 Å². The summed E-state index contributed by atoms with van der Waals surface area (Å²) >= 11 is 0. The summed E-state index contributed by atoms with van der Waals surface area (Å²) in [6.45, 7) is 4.62. The zero-order chi connectivity index (χ0) is 19.2. The molecule has 7 heteroatoms. The fourth-order valence-corrected chi connectivity index (χ4v) is 3.70. The van der Waals surface area contributed by atoms with Gasteiger partial charge < -0.3 is 4.74 Å². The molecule has 2 aromatic rings. The van der Waals surface area contributed by atoms with Crippen LogP contribution in [-0.2, 0) is 19.6 Å². The molecule has 0 aromatic heterocycles. The van der Waals surface area contributed by atoms with Crippen molar-refractivity contribution < 1.29 is 22.7 Å². The van der Waals surface area contributed by atoms with E-state index in [-0.39, 0.29) is 29.4 Å². The van der Waals surface area contributed by atoms with E-state index in [0.717, 1.165) is 0 Å². The molecule has 0 saturated carbocycles. The van der Waals surface area contributed by atoms with Crippen molar-refractivity contribution >= 4 is 27.5 Å². The lowest BCUT2D eigenvalue weighted by atomic mass is 10.2. The first-order chi connectivity index (χ1) is 12.4. The number of nitrogens with zero attached hydrogens (tertiary/aromatic N) is 1. The Hall–Kier alpha value is -2.93. The van der Waals surface area contributed by atoms with E-state index in [0.29, 0.717) is 5.69 Å². The van der Waals surface area contributed by atoms with Gasteiger partial charge in [0.1, 0.15) is 6.61 Å². The van der Waals surface area contributed by atoms with Gasteiger partial charge in [-0.25, -0.2) is 13.2 Å². The Kier molecular flexibility index (Phi) is 6.30. The first kappa shape index (κ1) is 19.4. The second kappa shape index (κ2) is 8.44. The Morgan fingerprint density at radius 2 is 1.81 bits per heavy atom. The number of hydrogen-bond donors (Lipinski definition) is 0. The Morgan fingerprint density at radius 3 is 2.42 bits per heavy atom. The monoisotopic (exact) mass is 373 g/mol. The van der Waals surface area contributed by atoms with Gasteiger partial charge in [0.2, 0.25) is 0 Å². The van der Waals surface area contributed by atoms with Gasteiger partial charge in [-0.2, -0.15) is 0 Å². The number of sulfonamides is 1. The average Bonchev–Trinajstić information content (AvgIpc) is 2.64. The number of ketones is 1. The topological polar surface area (TPSA) is 80.8 Å². The van der Waals surface area contributed by atoms with E-state index in [2.05, 4.69) is 6.58 Å². The van der Waals surface area contributed by atoms with Crippen LogP contribution in [0.3, 0.4) is 0 Å². The highest BCUT2D eigenvalue weighted by molar-refractivity contribution is 7.92. The molecule has 26 heavy (non-hydrogen) atoms. The number of para-hydroxylation sites is 1. The first-order valence-electron chi connectivity index (χ1n) is 7.81. The van der Waals surface area contributed by atoms with Crippen molar-refractivity contribution in [2.45, 2.75) is 11.8 Å². The summed E-state index contributed by atoms with van der Waals surface area (Å²) in [5.41, 5.74) is 0.538. The van der Waals surface area contributed by atoms with Gasteiger partial charge in [-0.3, -0.25) is 9.10 Å². The summed E-state index contributed by atoms with van der Waals surface area (Å²) in [6.07, 6.45) is 1.48. The minimum atomic E-state index is -3.92. The normalized spacial score (nSPS) is 10.8. The lowest BCUT2D eigenvalue weighted by Gasteiger charge is -2.23. The second-order valence-electron chi connectivity index (χ2n) is 5.47. The Labute approximate surface area is 152 Å². The highest BCUT2D eigenvalue weighted by Gasteiger charge is 2.25. The van der Waals surface area contributed by atoms with Gasteiger partial charge in [0.05, 0.1) is 22.7 Å². The first-order valence-corrected chi connectivity index (χ1v) is 9.25. The molecule has 0 bridgehead atoms. The number of carbonyl (C=O) groups excluding carboxylic acids is 2. The third-order valence-corrected chi connectivity index (χ3v) is 5.19. The zero-order valence-corrected chi connectivity index (χ0v) is 15.1. The van der Waals surface area contributed by atoms with Gasteiger partial charge in [-0.05, 0) is 37.3 Å². The molecule has 0 aliphatic rings. The molecule has 2 rings (SSSR count). The summed E-state index contributed by atoms with van der Waals surface area (Å²) in [5.74, 6) is -1.06. The van der Waals surface area contributed by atoms with Crippen LogP contribution in [0, 0.1) is 0 Å². The standard InChI is InChI=1S/C19H19NO5S/c1-3-12-20(17-9-5-4-6-10-17)26(23,24)18-11-7-8-16(13-18)19(22)25-14-15(2)21/h3-11,13H,1,12,14H2,2H3. The maximum absolute atomic E-state index is 13.0. The highest BCUT2D eigenvalue weighted by Crippen LogP contribution is 2.24. The van der Waals surface area contributed by atoms with Crippen molar-refractivity contribution in [3.63, 3.8) is 0 Å².